The van der Waals surface area contributed by atoms with E-state index in [-0.39, 0.29) is 10.7 Å². The van der Waals surface area contributed by atoms with E-state index in [2.05, 4.69) is 5.32 Å². The number of halogens is 4. The summed E-state index contributed by atoms with van der Waals surface area (Å²) in [5.74, 6) is -1.84. The van der Waals surface area contributed by atoms with Crippen molar-refractivity contribution in [3.8, 4) is 0 Å². The lowest BCUT2D eigenvalue weighted by Gasteiger charge is -2.18. The summed E-state index contributed by atoms with van der Waals surface area (Å²) in [5.41, 5.74) is 0.785. The highest BCUT2D eigenvalue weighted by atomic mass is 35.5. The molecule has 0 spiro atoms. The number of nitrogens with one attached hydrogen (secondary N) is 1. The molecule has 1 unspecified atom stereocenters. The van der Waals surface area contributed by atoms with Crippen LogP contribution in [0.15, 0.2) is 30.3 Å². The quantitative estimate of drug-likeness (QED) is 0.817. The molecule has 0 bridgehead atoms. The third-order valence-electron chi connectivity index (χ3n) is 3.09. The van der Waals surface area contributed by atoms with Gasteiger partial charge in [0.25, 0.3) is 0 Å². The molecule has 2 aromatic carbocycles. The van der Waals surface area contributed by atoms with Crippen LogP contribution in [0.1, 0.15) is 24.1 Å². The molecule has 0 saturated carbocycles. The molecule has 1 nitrogen and oxygen atoms in total. The Kier molecular flexibility index (Phi) is 4.23. The van der Waals surface area contributed by atoms with Crippen molar-refractivity contribution in [3.63, 3.8) is 0 Å². The standard InChI is InChI=1S/C15H13ClF3N/c1-8-3-5-13(18)15(14(8)19)20-9(2)10-4-6-12(17)11(16)7-10/h3-7,9,20H,1-2H3. The van der Waals surface area contributed by atoms with Gasteiger partial charge in [-0.15, -0.1) is 0 Å². The van der Waals surface area contributed by atoms with Crippen molar-refractivity contribution in [1.29, 1.82) is 0 Å². The van der Waals surface area contributed by atoms with Crippen LogP contribution in [-0.4, -0.2) is 0 Å². The molecule has 0 fully saturated rings. The van der Waals surface area contributed by atoms with Gasteiger partial charge >= 0.3 is 0 Å². The summed E-state index contributed by atoms with van der Waals surface area (Å²) in [6.45, 7) is 3.27. The van der Waals surface area contributed by atoms with Crippen molar-refractivity contribution in [1.82, 2.24) is 0 Å². The van der Waals surface area contributed by atoms with Crippen molar-refractivity contribution in [2.75, 3.05) is 5.32 Å². The van der Waals surface area contributed by atoms with Crippen LogP contribution >= 0.6 is 11.6 Å². The van der Waals surface area contributed by atoms with Gasteiger partial charge in [0, 0.05) is 6.04 Å². The highest BCUT2D eigenvalue weighted by Crippen LogP contribution is 2.28. The lowest BCUT2D eigenvalue weighted by atomic mass is 10.1. The molecule has 0 aliphatic rings. The van der Waals surface area contributed by atoms with Gasteiger partial charge in [-0.3, -0.25) is 0 Å². The molecular weight excluding hydrogens is 287 g/mol. The maximum atomic E-state index is 13.9. The van der Waals surface area contributed by atoms with Crippen LogP contribution in [-0.2, 0) is 0 Å². The fourth-order valence-corrected chi connectivity index (χ4v) is 2.06. The van der Waals surface area contributed by atoms with Crippen molar-refractivity contribution >= 4 is 17.3 Å². The third kappa shape index (κ3) is 2.90. The molecule has 0 amide bonds. The monoisotopic (exact) mass is 299 g/mol. The summed E-state index contributed by atoms with van der Waals surface area (Å²) >= 11 is 5.70. The minimum atomic E-state index is -0.673. The first-order valence-electron chi connectivity index (χ1n) is 6.06. The first kappa shape index (κ1) is 14.7. The molecule has 2 rings (SSSR count). The predicted octanol–water partition coefficient (Wildman–Crippen LogP) is 5.24. The summed E-state index contributed by atoms with van der Waals surface area (Å²) in [5, 5.41) is 2.72. The number of rotatable bonds is 3. The third-order valence-corrected chi connectivity index (χ3v) is 3.38. The van der Waals surface area contributed by atoms with Gasteiger partial charge in [-0.2, -0.15) is 0 Å². The Morgan fingerprint density at radius 3 is 2.35 bits per heavy atom. The lowest BCUT2D eigenvalue weighted by molar-refractivity contribution is 0.578. The molecule has 1 atom stereocenters. The maximum absolute atomic E-state index is 13.9. The molecule has 0 aromatic heterocycles. The van der Waals surface area contributed by atoms with E-state index in [4.69, 9.17) is 11.6 Å². The van der Waals surface area contributed by atoms with Crippen molar-refractivity contribution in [2.45, 2.75) is 19.9 Å². The van der Waals surface area contributed by atoms with E-state index in [1.807, 2.05) is 0 Å². The Labute approximate surface area is 120 Å². The average molecular weight is 300 g/mol. The molecule has 0 aliphatic carbocycles. The van der Waals surface area contributed by atoms with Gasteiger partial charge in [-0.1, -0.05) is 23.7 Å². The fourth-order valence-electron chi connectivity index (χ4n) is 1.87. The number of hydrogen-bond donors (Lipinski definition) is 1. The van der Waals surface area contributed by atoms with E-state index in [1.54, 1.807) is 13.8 Å². The van der Waals surface area contributed by atoms with Gasteiger partial charge in [-0.05, 0) is 43.2 Å². The maximum Gasteiger partial charge on any atom is 0.152 e. The Bertz CT molecular complexity index is 643. The van der Waals surface area contributed by atoms with Crippen molar-refractivity contribution in [3.05, 3.63) is 63.9 Å². The Balaban J connectivity index is 2.30. The summed E-state index contributed by atoms with van der Waals surface area (Å²) in [4.78, 5) is 0. The average Bonchev–Trinajstić information content (AvgIpc) is 2.42. The molecule has 20 heavy (non-hydrogen) atoms. The van der Waals surface area contributed by atoms with E-state index in [0.29, 0.717) is 11.1 Å². The van der Waals surface area contributed by atoms with Crippen LogP contribution < -0.4 is 5.32 Å². The van der Waals surface area contributed by atoms with Crippen LogP contribution in [0.4, 0.5) is 18.9 Å². The Morgan fingerprint density at radius 1 is 1.05 bits per heavy atom. The van der Waals surface area contributed by atoms with Crippen molar-refractivity contribution in [2.24, 2.45) is 0 Å². The largest absolute Gasteiger partial charge is 0.374 e. The second-order valence-electron chi connectivity index (χ2n) is 4.59. The summed E-state index contributed by atoms with van der Waals surface area (Å²) in [6, 6.07) is 6.32. The minimum absolute atomic E-state index is 0.0265. The van der Waals surface area contributed by atoms with Gasteiger partial charge in [-0.25, -0.2) is 13.2 Å². The smallest absolute Gasteiger partial charge is 0.152 e. The molecular formula is C15H13ClF3N. The molecule has 0 radical (unpaired) electrons. The zero-order valence-electron chi connectivity index (χ0n) is 11.0. The molecule has 0 aliphatic heterocycles. The van der Waals surface area contributed by atoms with Crippen LogP contribution in [0, 0.1) is 24.4 Å². The second kappa shape index (κ2) is 5.75. The summed E-state index contributed by atoms with van der Waals surface area (Å²) in [6.07, 6.45) is 0. The van der Waals surface area contributed by atoms with Gasteiger partial charge in [0.05, 0.1) is 5.02 Å². The number of anilines is 1. The van der Waals surface area contributed by atoms with Crippen LogP contribution in [0.3, 0.4) is 0 Å². The van der Waals surface area contributed by atoms with E-state index in [9.17, 15) is 13.2 Å². The van der Waals surface area contributed by atoms with E-state index in [0.717, 1.165) is 0 Å². The van der Waals surface area contributed by atoms with Crippen LogP contribution in [0.25, 0.3) is 0 Å². The van der Waals surface area contributed by atoms with Gasteiger partial charge in [0.1, 0.15) is 17.3 Å². The molecule has 106 valence electrons. The molecule has 2 aromatic rings. The molecule has 5 heteroatoms. The van der Waals surface area contributed by atoms with Gasteiger partial charge in [0.15, 0.2) is 5.82 Å². The predicted molar refractivity (Wildman–Crippen MR) is 74.5 cm³/mol. The summed E-state index contributed by atoms with van der Waals surface area (Å²) < 4.78 is 40.7. The zero-order valence-corrected chi connectivity index (χ0v) is 11.7. The number of hydrogen-bond acceptors (Lipinski definition) is 1. The Hall–Kier alpha value is -1.68. The fraction of sp³-hybridized carbons (Fsp3) is 0.200. The Morgan fingerprint density at radius 2 is 1.70 bits per heavy atom. The zero-order chi connectivity index (χ0) is 14.9. The molecule has 0 heterocycles. The first-order chi connectivity index (χ1) is 9.40. The minimum Gasteiger partial charge on any atom is -0.374 e. The van der Waals surface area contributed by atoms with E-state index >= 15 is 0 Å². The lowest BCUT2D eigenvalue weighted by Crippen LogP contribution is -2.10. The number of aryl methyl sites for hydroxylation is 1. The highest BCUT2D eigenvalue weighted by Gasteiger charge is 2.15. The second-order valence-corrected chi connectivity index (χ2v) is 5.00. The number of benzene rings is 2. The topological polar surface area (TPSA) is 12.0 Å². The normalized spacial score (nSPS) is 12.3. The SMILES string of the molecule is Cc1ccc(F)c(NC(C)c2ccc(F)c(Cl)c2)c1F. The highest BCUT2D eigenvalue weighted by molar-refractivity contribution is 6.30. The summed E-state index contributed by atoms with van der Waals surface area (Å²) in [7, 11) is 0. The van der Waals surface area contributed by atoms with E-state index in [1.165, 1.54) is 30.3 Å². The van der Waals surface area contributed by atoms with Crippen molar-refractivity contribution < 1.29 is 13.2 Å². The molecule has 1 N–H and O–H groups in total. The van der Waals surface area contributed by atoms with Crippen LogP contribution in [0.5, 0.6) is 0 Å². The molecule has 0 saturated heterocycles. The van der Waals surface area contributed by atoms with Gasteiger partial charge in [0.2, 0.25) is 0 Å². The van der Waals surface area contributed by atoms with Crippen LogP contribution in [0.2, 0.25) is 5.02 Å². The first-order valence-corrected chi connectivity index (χ1v) is 6.44. The van der Waals surface area contributed by atoms with E-state index < -0.39 is 23.5 Å². The van der Waals surface area contributed by atoms with Gasteiger partial charge < -0.3 is 5.32 Å².